The Morgan fingerprint density at radius 1 is 1.32 bits per heavy atom. The molecule has 2 aromatic heterocycles. The second kappa shape index (κ2) is 8.21. The number of hydrogen-bond acceptors (Lipinski definition) is 7. The summed E-state index contributed by atoms with van der Waals surface area (Å²) in [6.45, 7) is 1.89. The maximum absolute atomic E-state index is 12.8. The summed E-state index contributed by atoms with van der Waals surface area (Å²) < 4.78 is 18.2. The van der Waals surface area contributed by atoms with E-state index in [4.69, 9.17) is 4.42 Å². The maximum atomic E-state index is 12.8. The van der Waals surface area contributed by atoms with Crippen molar-refractivity contribution >= 4 is 35.0 Å². The summed E-state index contributed by atoms with van der Waals surface area (Å²) in [6.07, 6.45) is 1.02. The lowest BCUT2D eigenvalue weighted by atomic mass is 10.3. The van der Waals surface area contributed by atoms with Crippen molar-refractivity contribution in [2.45, 2.75) is 24.7 Å². The smallest absolute Gasteiger partial charge is 0.322 e. The molecule has 0 radical (unpaired) electrons. The van der Waals surface area contributed by atoms with Crippen molar-refractivity contribution in [3.63, 3.8) is 0 Å². The molecule has 3 rings (SSSR count). The van der Waals surface area contributed by atoms with Crippen LogP contribution in [-0.4, -0.2) is 26.8 Å². The number of thiazole rings is 1. The number of thioether (sulfide) groups is 1. The van der Waals surface area contributed by atoms with E-state index in [9.17, 15) is 9.18 Å². The fourth-order valence-electron chi connectivity index (χ4n) is 1.97. The summed E-state index contributed by atoms with van der Waals surface area (Å²) in [5.41, 5.74) is 0.603. The number of rotatable bonds is 7. The molecule has 3 aromatic rings. The van der Waals surface area contributed by atoms with E-state index in [1.54, 1.807) is 23.9 Å². The zero-order valence-electron chi connectivity index (χ0n) is 13.4. The normalized spacial score (nSPS) is 10.8. The largest absolute Gasteiger partial charge is 0.401 e. The van der Waals surface area contributed by atoms with Gasteiger partial charge in [-0.05, 0) is 43.4 Å². The maximum Gasteiger partial charge on any atom is 0.322 e. The monoisotopic (exact) mass is 378 g/mol. The first-order valence-corrected chi connectivity index (χ1v) is 9.41. The van der Waals surface area contributed by atoms with Crippen molar-refractivity contribution in [1.82, 2.24) is 15.2 Å². The summed E-state index contributed by atoms with van der Waals surface area (Å²) in [4.78, 5) is 17.1. The number of hydrogen-bond donors (Lipinski definition) is 1. The molecule has 130 valence electrons. The number of amides is 1. The molecule has 0 saturated carbocycles. The minimum absolute atomic E-state index is 0.0665. The predicted octanol–water partition coefficient (Wildman–Crippen LogP) is 4.15. The van der Waals surface area contributed by atoms with E-state index in [0.717, 1.165) is 15.7 Å². The Morgan fingerprint density at radius 3 is 2.84 bits per heavy atom. The average Bonchev–Trinajstić information content (AvgIpc) is 3.22. The van der Waals surface area contributed by atoms with E-state index >= 15 is 0 Å². The molecule has 0 aliphatic rings. The van der Waals surface area contributed by atoms with Gasteiger partial charge in [0.05, 0.1) is 5.01 Å². The van der Waals surface area contributed by atoms with Crippen LogP contribution in [0.5, 0.6) is 0 Å². The van der Waals surface area contributed by atoms with Gasteiger partial charge >= 0.3 is 6.01 Å². The van der Waals surface area contributed by atoms with Gasteiger partial charge in [-0.25, -0.2) is 9.37 Å². The van der Waals surface area contributed by atoms with Crippen LogP contribution in [0.25, 0.3) is 11.6 Å². The highest BCUT2D eigenvalue weighted by Crippen LogP contribution is 2.22. The first kappa shape index (κ1) is 17.6. The number of aryl methyl sites for hydroxylation is 1. The fraction of sp³-hybridized carbons (Fsp3) is 0.250. The van der Waals surface area contributed by atoms with E-state index in [-0.39, 0.29) is 23.6 Å². The molecule has 0 spiro atoms. The van der Waals surface area contributed by atoms with Crippen LogP contribution in [0.4, 0.5) is 10.4 Å². The Kier molecular flexibility index (Phi) is 5.77. The molecule has 0 atom stereocenters. The number of nitrogens with one attached hydrogen (secondary N) is 1. The van der Waals surface area contributed by atoms with Gasteiger partial charge in [-0.2, -0.15) is 0 Å². The Hall–Kier alpha value is -2.26. The first-order chi connectivity index (χ1) is 12.1. The van der Waals surface area contributed by atoms with Gasteiger partial charge in [0.1, 0.15) is 11.5 Å². The lowest BCUT2D eigenvalue weighted by Gasteiger charge is -2.02. The highest BCUT2D eigenvalue weighted by atomic mass is 32.2. The second-order valence-electron chi connectivity index (χ2n) is 5.12. The molecule has 0 fully saturated rings. The van der Waals surface area contributed by atoms with E-state index in [2.05, 4.69) is 20.5 Å². The van der Waals surface area contributed by atoms with Crippen molar-refractivity contribution in [2.24, 2.45) is 0 Å². The van der Waals surface area contributed by atoms with Gasteiger partial charge in [0.25, 0.3) is 5.89 Å². The van der Waals surface area contributed by atoms with Crippen molar-refractivity contribution in [1.29, 1.82) is 0 Å². The standard InChI is InChI=1S/C16H15FN4O2S2/c1-10-18-13(9-25-10)15-20-21-16(23-15)19-14(22)3-2-8-24-12-6-4-11(17)5-7-12/h4-7,9H,2-3,8H2,1H3,(H,19,21,22). The van der Waals surface area contributed by atoms with Crippen LogP contribution >= 0.6 is 23.1 Å². The molecular formula is C16H15FN4O2S2. The molecule has 0 aliphatic heterocycles. The summed E-state index contributed by atoms with van der Waals surface area (Å²) in [6, 6.07) is 6.36. The van der Waals surface area contributed by atoms with Gasteiger partial charge < -0.3 is 4.42 Å². The van der Waals surface area contributed by atoms with E-state index < -0.39 is 0 Å². The van der Waals surface area contributed by atoms with Crippen LogP contribution in [-0.2, 0) is 4.79 Å². The van der Waals surface area contributed by atoms with Crippen LogP contribution in [0, 0.1) is 12.7 Å². The van der Waals surface area contributed by atoms with E-state index in [1.165, 1.54) is 23.5 Å². The van der Waals surface area contributed by atoms with Crippen molar-refractivity contribution in [2.75, 3.05) is 11.1 Å². The lowest BCUT2D eigenvalue weighted by molar-refractivity contribution is -0.116. The Balaban J connectivity index is 1.42. The first-order valence-electron chi connectivity index (χ1n) is 7.54. The molecule has 6 nitrogen and oxygen atoms in total. The van der Waals surface area contributed by atoms with Gasteiger partial charge in [0.15, 0.2) is 0 Å². The molecular weight excluding hydrogens is 363 g/mol. The minimum atomic E-state index is -0.254. The molecule has 0 saturated heterocycles. The molecule has 0 aliphatic carbocycles. The topological polar surface area (TPSA) is 80.9 Å². The fourth-order valence-corrected chi connectivity index (χ4v) is 3.41. The van der Waals surface area contributed by atoms with Crippen molar-refractivity contribution in [3.05, 3.63) is 40.5 Å². The predicted molar refractivity (Wildman–Crippen MR) is 95.1 cm³/mol. The van der Waals surface area contributed by atoms with Crippen LogP contribution in [0.3, 0.4) is 0 Å². The minimum Gasteiger partial charge on any atom is -0.401 e. The number of halogens is 1. The average molecular weight is 378 g/mol. The lowest BCUT2D eigenvalue weighted by Crippen LogP contribution is -2.11. The van der Waals surface area contributed by atoms with Gasteiger partial charge in [0, 0.05) is 16.7 Å². The highest BCUT2D eigenvalue weighted by Gasteiger charge is 2.13. The number of benzene rings is 1. The quantitative estimate of drug-likeness (QED) is 0.491. The third-order valence-electron chi connectivity index (χ3n) is 3.14. The molecule has 1 aromatic carbocycles. The number of aromatic nitrogens is 3. The summed E-state index contributed by atoms with van der Waals surface area (Å²) in [5.74, 6) is 0.595. The van der Waals surface area contributed by atoms with E-state index in [1.807, 2.05) is 12.3 Å². The van der Waals surface area contributed by atoms with Gasteiger partial charge in [0.2, 0.25) is 5.91 Å². The van der Waals surface area contributed by atoms with Gasteiger partial charge in [-0.1, -0.05) is 5.10 Å². The Labute approximate surface area is 151 Å². The van der Waals surface area contributed by atoms with E-state index in [0.29, 0.717) is 18.5 Å². The molecule has 0 bridgehead atoms. The van der Waals surface area contributed by atoms with Crippen molar-refractivity contribution < 1.29 is 13.6 Å². The van der Waals surface area contributed by atoms with Gasteiger partial charge in [-0.3, -0.25) is 10.1 Å². The number of carbonyl (C=O) groups is 1. The number of anilines is 1. The van der Waals surface area contributed by atoms with Crippen LogP contribution in [0.2, 0.25) is 0 Å². The highest BCUT2D eigenvalue weighted by molar-refractivity contribution is 7.99. The summed E-state index contributed by atoms with van der Waals surface area (Å²) >= 11 is 3.06. The molecule has 1 N–H and O–H groups in total. The van der Waals surface area contributed by atoms with Crippen LogP contribution in [0.15, 0.2) is 39.0 Å². The Morgan fingerprint density at radius 2 is 2.12 bits per heavy atom. The van der Waals surface area contributed by atoms with Crippen molar-refractivity contribution in [3.8, 4) is 11.6 Å². The molecule has 1 amide bonds. The summed E-state index contributed by atoms with van der Waals surface area (Å²) in [7, 11) is 0. The SMILES string of the molecule is Cc1nc(-c2nnc(NC(=O)CCCSc3ccc(F)cc3)o2)cs1. The number of nitrogens with zero attached hydrogens (tertiary/aromatic N) is 3. The number of carbonyl (C=O) groups excluding carboxylic acids is 1. The van der Waals surface area contributed by atoms with Crippen LogP contribution in [0.1, 0.15) is 17.8 Å². The zero-order valence-corrected chi connectivity index (χ0v) is 15.0. The second-order valence-corrected chi connectivity index (χ2v) is 7.35. The summed E-state index contributed by atoms with van der Waals surface area (Å²) in [5, 5.41) is 13.0. The molecule has 0 unspecified atom stereocenters. The van der Waals surface area contributed by atoms with Gasteiger partial charge in [-0.15, -0.1) is 28.2 Å². The molecule has 9 heteroatoms. The molecule has 2 heterocycles. The Bertz CT molecular complexity index is 848. The third kappa shape index (κ3) is 5.10. The van der Waals surface area contributed by atoms with Crippen LogP contribution < -0.4 is 5.32 Å². The molecule has 25 heavy (non-hydrogen) atoms. The third-order valence-corrected chi connectivity index (χ3v) is 5.01. The zero-order chi connectivity index (χ0) is 17.6.